The molecule has 0 heterocycles. The summed E-state index contributed by atoms with van der Waals surface area (Å²) in [4.78, 5) is 23.7. The molecule has 1 rings (SSSR count). The van der Waals surface area contributed by atoms with Gasteiger partial charge in [-0.05, 0) is 32.9 Å². The van der Waals surface area contributed by atoms with Crippen LogP contribution in [0.3, 0.4) is 0 Å². The summed E-state index contributed by atoms with van der Waals surface area (Å²) in [5, 5.41) is 2.55. The van der Waals surface area contributed by atoms with E-state index in [-0.39, 0.29) is 18.0 Å². The Labute approximate surface area is 129 Å². The first kappa shape index (κ1) is 17.8. The monoisotopic (exact) mass is 310 g/mol. The molecule has 0 spiro atoms. The van der Waals surface area contributed by atoms with Gasteiger partial charge in [0.2, 0.25) is 0 Å². The van der Waals surface area contributed by atoms with E-state index >= 15 is 0 Å². The van der Waals surface area contributed by atoms with Gasteiger partial charge < -0.3 is 19.9 Å². The lowest BCUT2D eigenvalue weighted by Gasteiger charge is -2.21. The number of ketones is 1. The topological polar surface area (TPSA) is 99.9 Å². The van der Waals surface area contributed by atoms with Crippen LogP contribution in [0.2, 0.25) is 0 Å². The van der Waals surface area contributed by atoms with E-state index in [4.69, 9.17) is 19.9 Å². The zero-order valence-electron chi connectivity index (χ0n) is 13.5. The number of nitrogens with one attached hydrogen (secondary N) is 1. The summed E-state index contributed by atoms with van der Waals surface area (Å²) >= 11 is 0. The Hall–Kier alpha value is -2.28. The first-order chi connectivity index (χ1) is 10.2. The van der Waals surface area contributed by atoms with Crippen LogP contribution in [0.25, 0.3) is 0 Å². The van der Waals surface area contributed by atoms with Gasteiger partial charge in [-0.1, -0.05) is 0 Å². The predicted octanol–water partition coefficient (Wildman–Crippen LogP) is 2.19. The van der Waals surface area contributed by atoms with Gasteiger partial charge in [-0.3, -0.25) is 10.1 Å². The van der Waals surface area contributed by atoms with Crippen LogP contribution in [-0.4, -0.2) is 38.2 Å². The quantitative estimate of drug-likeness (QED) is 0.809. The molecule has 0 aliphatic carbocycles. The molecular formula is C15H22N2O5. The number of anilines is 1. The van der Waals surface area contributed by atoms with Crippen molar-refractivity contribution < 1.29 is 23.8 Å². The summed E-state index contributed by atoms with van der Waals surface area (Å²) in [6, 6.07) is 2.98. The molecule has 0 bridgehead atoms. The van der Waals surface area contributed by atoms with Crippen LogP contribution in [0, 0.1) is 0 Å². The highest BCUT2D eigenvalue weighted by molar-refractivity contribution is 6.00. The average Bonchev–Trinajstić information content (AvgIpc) is 2.43. The van der Waals surface area contributed by atoms with Crippen LogP contribution in [-0.2, 0) is 4.74 Å². The van der Waals surface area contributed by atoms with Crippen LogP contribution in [0.5, 0.6) is 11.5 Å². The summed E-state index contributed by atoms with van der Waals surface area (Å²) in [6.45, 7) is 5.09. The summed E-state index contributed by atoms with van der Waals surface area (Å²) in [5.74, 6) is 0.322. The second kappa shape index (κ2) is 7.13. The molecule has 22 heavy (non-hydrogen) atoms. The number of ether oxygens (including phenoxy) is 3. The molecule has 0 aromatic heterocycles. The van der Waals surface area contributed by atoms with Crippen molar-refractivity contribution >= 4 is 17.6 Å². The number of nitrogens with two attached hydrogens (primary N) is 1. The van der Waals surface area contributed by atoms with Crippen LogP contribution in [0.15, 0.2) is 12.1 Å². The van der Waals surface area contributed by atoms with E-state index in [1.807, 2.05) is 0 Å². The molecule has 3 N–H and O–H groups in total. The van der Waals surface area contributed by atoms with Crippen LogP contribution in [0.1, 0.15) is 31.1 Å². The number of amides is 1. The number of carbonyl (C=O) groups is 2. The number of benzene rings is 1. The van der Waals surface area contributed by atoms with Crippen molar-refractivity contribution in [2.75, 3.05) is 26.1 Å². The van der Waals surface area contributed by atoms with E-state index in [2.05, 4.69) is 5.32 Å². The van der Waals surface area contributed by atoms with Crippen LogP contribution >= 0.6 is 0 Å². The fraction of sp³-hybridized carbons (Fsp3) is 0.467. The average molecular weight is 310 g/mol. The molecule has 0 radical (unpaired) electrons. The zero-order chi connectivity index (χ0) is 16.9. The molecule has 122 valence electrons. The Morgan fingerprint density at radius 1 is 1.18 bits per heavy atom. The maximum absolute atomic E-state index is 11.9. The highest BCUT2D eigenvalue weighted by Gasteiger charge is 2.21. The molecule has 7 nitrogen and oxygen atoms in total. The fourth-order valence-electron chi connectivity index (χ4n) is 1.75. The molecule has 0 saturated carbocycles. The van der Waals surface area contributed by atoms with E-state index in [0.717, 1.165) is 0 Å². The van der Waals surface area contributed by atoms with Gasteiger partial charge in [-0.15, -0.1) is 0 Å². The summed E-state index contributed by atoms with van der Waals surface area (Å²) in [7, 11) is 2.87. The Morgan fingerprint density at radius 3 is 2.27 bits per heavy atom. The Kier molecular flexibility index (Phi) is 5.76. The molecule has 1 aromatic carbocycles. The molecule has 0 aliphatic rings. The second-order valence-electron chi connectivity index (χ2n) is 5.51. The lowest BCUT2D eigenvalue weighted by atomic mass is 10.1. The molecule has 0 aliphatic heterocycles. The molecule has 1 amide bonds. The second-order valence-corrected chi connectivity index (χ2v) is 5.51. The van der Waals surface area contributed by atoms with Crippen molar-refractivity contribution in [3.63, 3.8) is 0 Å². The smallest absolute Gasteiger partial charge is 0.412 e. The maximum atomic E-state index is 11.9. The van der Waals surface area contributed by atoms with Crippen LogP contribution < -0.4 is 20.5 Å². The molecule has 0 saturated heterocycles. The summed E-state index contributed by atoms with van der Waals surface area (Å²) < 4.78 is 15.6. The standard InChI is InChI=1S/C15H22N2O5/c1-15(2,3)22-14(19)17-10-6-9(11(18)8-16)7-12(20-4)13(10)21-5/h6-7H,8,16H2,1-5H3,(H,17,19). The van der Waals surface area contributed by atoms with Crippen molar-refractivity contribution in [3.8, 4) is 11.5 Å². The van der Waals surface area contributed by atoms with Gasteiger partial charge in [0.05, 0.1) is 26.5 Å². The number of methoxy groups -OCH3 is 2. The van der Waals surface area contributed by atoms with Crippen molar-refractivity contribution in [2.24, 2.45) is 5.73 Å². The maximum Gasteiger partial charge on any atom is 0.412 e. The summed E-state index contributed by atoms with van der Waals surface area (Å²) in [5.41, 5.74) is 5.30. The highest BCUT2D eigenvalue weighted by atomic mass is 16.6. The molecule has 0 unspecified atom stereocenters. The largest absolute Gasteiger partial charge is 0.493 e. The van der Waals surface area contributed by atoms with E-state index in [0.29, 0.717) is 17.1 Å². The van der Waals surface area contributed by atoms with Gasteiger partial charge in [-0.2, -0.15) is 0 Å². The lowest BCUT2D eigenvalue weighted by Crippen LogP contribution is -2.27. The minimum atomic E-state index is -0.662. The van der Waals surface area contributed by atoms with E-state index in [9.17, 15) is 9.59 Å². The van der Waals surface area contributed by atoms with Gasteiger partial charge >= 0.3 is 6.09 Å². The molecule has 7 heteroatoms. The molecule has 1 aromatic rings. The molecule has 0 fully saturated rings. The molecule has 0 atom stereocenters. The van der Waals surface area contributed by atoms with E-state index in [1.165, 1.54) is 26.4 Å². The zero-order valence-corrected chi connectivity index (χ0v) is 13.5. The lowest BCUT2D eigenvalue weighted by molar-refractivity contribution is 0.0635. The van der Waals surface area contributed by atoms with Crippen LogP contribution in [0.4, 0.5) is 10.5 Å². The molecular weight excluding hydrogens is 288 g/mol. The normalized spacial score (nSPS) is 10.8. The first-order valence-electron chi connectivity index (χ1n) is 6.71. The van der Waals surface area contributed by atoms with Crippen molar-refractivity contribution in [1.29, 1.82) is 0 Å². The van der Waals surface area contributed by atoms with Crippen molar-refractivity contribution in [3.05, 3.63) is 17.7 Å². The summed E-state index contributed by atoms with van der Waals surface area (Å²) in [6.07, 6.45) is -0.662. The third kappa shape index (κ3) is 4.63. The van der Waals surface area contributed by atoms with Gasteiger partial charge in [-0.25, -0.2) is 4.79 Å². The third-order valence-corrected chi connectivity index (χ3v) is 2.62. The highest BCUT2D eigenvalue weighted by Crippen LogP contribution is 2.37. The van der Waals surface area contributed by atoms with E-state index in [1.54, 1.807) is 20.8 Å². The SMILES string of the molecule is COc1cc(C(=O)CN)cc(NC(=O)OC(C)(C)C)c1OC. The third-order valence-electron chi connectivity index (χ3n) is 2.62. The van der Waals surface area contributed by atoms with Gasteiger partial charge in [0, 0.05) is 5.56 Å². The van der Waals surface area contributed by atoms with Gasteiger partial charge in [0.25, 0.3) is 0 Å². The van der Waals surface area contributed by atoms with Crippen molar-refractivity contribution in [2.45, 2.75) is 26.4 Å². The number of carbonyl (C=O) groups excluding carboxylic acids is 2. The Morgan fingerprint density at radius 2 is 1.82 bits per heavy atom. The first-order valence-corrected chi connectivity index (χ1v) is 6.71. The van der Waals surface area contributed by atoms with Gasteiger partial charge in [0.1, 0.15) is 5.60 Å². The minimum absolute atomic E-state index is 0.151. The van der Waals surface area contributed by atoms with E-state index < -0.39 is 11.7 Å². The number of hydrogen-bond donors (Lipinski definition) is 2. The Balaban J connectivity index is 3.20. The predicted molar refractivity (Wildman–Crippen MR) is 82.8 cm³/mol. The van der Waals surface area contributed by atoms with Crippen molar-refractivity contribution in [1.82, 2.24) is 0 Å². The fourth-order valence-corrected chi connectivity index (χ4v) is 1.75. The van der Waals surface area contributed by atoms with Gasteiger partial charge in [0.15, 0.2) is 17.3 Å². The number of Topliss-reactive ketones (excluding diaryl/α,β-unsaturated/α-hetero) is 1. The minimum Gasteiger partial charge on any atom is -0.493 e. The number of rotatable bonds is 5. The number of hydrogen-bond acceptors (Lipinski definition) is 6. The Bertz CT molecular complexity index is 564.